The highest BCUT2D eigenvalue weighted by Gasteiger charge is 2.45. The van der Waals surface area contributed by atoms with Crippen LogP contribution >= 0.6 is 0 Å². The summed E-state index contributed by atoms with van der Waals surface area (Å²) in [6.07, 6.45) is 1.24. The minimum absolute atomic E-state index is 0.00926. The summed E-state index contributed by atoms with van der Waals surface area (Å²) in [5, 5.41) is 19.4. The molecule has 1 unspecified atom stereocenters. The zero-order chi connectivity index (χ0) is 12.6. The van der Waals surface area contributed by atoms with Gasteiger partial charge in [0.1, 0.15) is 11.2 Å². The van der Waals surface area contributed by atoms with Gasteiger partial charge in [0.25, 0.3) is 0 Å². The van der Waals surface area contributed by atoms with Crippen LogP contribution in [0.2, 0.25) is 0 Å². The topological polar surface area (TPSA) is 96.7 Å². The fourth-order valence-corrected chi connectivity index (χ4v) is 1.54. The molecule has 0 bridgehead atoms. The third-order valence-corrected chi connectivity index (χ3v) is 2.81. The summed E-state index contributed by atoms with van der Waals surface area (Å²) >= 11 is 0. The van der Waals surface area contributed by atoms with Crippen LogP contribution in [0.15, 0.2) is 16.7 Å². The maximum absolute atomic E-state index is 11.0. The first-order valence-electron chi connectivity index (χ1n) is 4.97. The van der Waals surface area contributed by atoms with Crippen molar-refractivity contribution in [3.8, 4) is 0 Å². The highest BCUT2D eigenvalue weighted by Crippen LogP contribution is 2.40. The highest BCUT2D eigenvalue weighted by atomic mass is 16.4. The van der Waals surface area contributed by atoms with E-state index >= 15 is 0 Å². The third kappa shape index (κ3) is 1.83. The number of nitrogens with two attached hydrogens (primary N) is 1. The summed E-state index contributed by atoms with van der Waals surface area (Å²) in [5.74, 6) is -1.13. The van der Waals surface area contributed by atoms with Crippen molar-refractivity contribution in [1.82, 2.24) is 0 Å². The molecule has 5 heteroatoms. The van der Waals surface area contributed by atoms with E-state index < -0.39 is 17.0 Å². The van der Waals surface area contributed by atoms with Crippen molar-refractivity contribution >= 4 is 5.97 Å². The molecule has 90 valence electrons. The average molecular weight is 227 g/mol. The van der Waals surface area contributed by atoms with Crippen LogP contribution in [0.4, 0.5) is 0 Å². The van der Waals surface area contributed by atoms with Crippen molar-refractivity contribution in [3.63, 3.8) is 0 Å². The molecular weight excluding hydrogens is 210 g/mol. The zero-order valence-electron chi connectivity index (χ0n) is 9.65. The van der Waals surface area contributed by atoms with Crippen LogP contribution in [0.1, 0.15) is 36.9 Å². The van der Waals surface area contributed by atoms with Crippen LogP contribution < -0.4 is 5.73 Å². The number of rotatable bonds is 3. The van der Waals surface area contributed by atoms with Crippen LogP contribution in [-0.2, 0) is 5.60 Å². The van der Waals surface area contributed by atoms with Crippen LogP contribution in [0.5, 0.6) is 0 Å². The van der Waals surface area contributed by atoms with Crippen molar-refractivity contribution in [1.29, 1.82) is 0 Å². The lowest BCUT2D eigenvalue weighted by Crippen LogP contribution is -2.46. The molecule has 0 aliphatic heterocycles. The summed E-state index contributed by atoms with van der Waals surface area (Å²) in [6, 6.07) is 1.31. The number of carboxylic acids is 1. The molecule has 0 radical (unpaired) electrons. The molecule has 4 N–H and O–H groups in total. The lowest BCUT2D eigenvalue weighted by atomic mass is 9.74. The summed E-state index contributed by atoms with van der Waals surface area (Å²) in [4.78, 5) is 11.0. The molecule has 0 spiro atoms. The Labute approximate surface area is 93.9 Å². The van der Waals surface area contributed by atoms with Gasteiger partial charge in [-0.1, -0.05) is 20.8 Å². The Morgan fingerprint density at radius 3 is 2.44 bits per heavy atom. The number of hydrogen-bond donors (Lipinski definition) is 3. The first-order chi connectivity index (χ1) is 7.24. The van der Waals surface area contributed by atoms with Gasteiger partial charge < -0.3 is 20.4 Å². The number of aromatic carboxylic acids is 1. The van der Waals surface area contributed by atoms with E-state index in [2.05, 4.69) is 0 Å². The fourth-order valence-electron chi connectivity index (χ4n) is 1.54. The average Bonchev–Trinajstić information content (AvgIpc) is 2.63. The molecule has 0 aliphatic carbocycles. The Hall–Kier alpha value is -1.33. The molecule has 0 aromatic carbocycles. The van der Waals surface area contributed by atoms with Crippen LogP contribution in [0.3, 0.4) is 0 Å². The zero-order valence-corrected chi connectivity index (χ0v) is 9.65. The van der Waals surface area contributed by atoms with Gasteiger partial charge in [-0.2, -0.15) is 0 Å². The molecule has 0 fully saturated rings. The minimum Gasteiger partial charge on any atom is -0.478 e. The summed E-state index contributed by atoms with van der Waals surface area (Å²) in [5.41, 5.74) is 3.38. The second-order valence-electron chi connectivity index (χ2n) is 4.78. The Balaban J connectivity index is 3.34. The normalized spacial score (nSPS) is 15.8. The number of aliphatic hydroxyl groups is 1. The van der Waals surface area contributed by atoms with Crippen molar-refractivity contribution in [2.75, 3.05) is 6.54 Å². The van der Waals surface area contributed by atoms with E-state index in [-0.39, 0.29) is 17.9 Å². The van der Waals surface area contributed by atoms with Crippen molar-refractivity contribution in [2.45, 2.75) is 26.4 Å². The van der Waals surface area contributed by atoms with E-state index in [9.17, 15) is 9.90 Å². The molecule has 5 nitrogen and oxygen atoms in total. The Morgan fingerprint density at radius 2 is 2.06 bits per heavy atom. The molecule has 0 saturated heterocycles. The first-order valence-corrected chi connectivity index (χ1v) is 4.97. The molecule has 1 atom stereocenters. The van der Waals surface area contributed by atoms with Crippen LogP contribution in [-0.4, -0.2) is 22.7 Å². The molecule has 1 heterocycles. The predicted octanol–water partition coefficient (Wildman–Crippen LogP) is 1.17. The van der Waals surface area contributed by atoms with Gasteiger partial charge >= 0.3 is 5.97 Å². The Morgan fingerprint density at radius 1 is 1.50 bits per heavy atom. The SMILES string of the molecule is CC(C)(C)C(O)(CN)c1occc1C(=O)O. The second kappa shape index (κ2) is 3.92. The molecule has 1 rings (SSSR count). The van der Waals surface area contributed by atoms with Crippen molar-refractivity contribution in [3.05, 3.63) is 23.7 Å². The number of carboxylic acid groups (broad SMARTS) is 1. The molecule has 16 heavy (non-hydrogen) atoms. The first kappa shape index (κ1) is 12.7. The van der Waals surface area contributed by atoms with E-state index in [1.54, 1.807) is 20.8 Å². The van der Waals surface area contributed by atoms with Gasteiger partial charge in [0.05, 0.1) is 6.26 Å². The fraction of sp³-hybridized carbons (Fsp3) is 0.545. The summed E-state index contributed by atoms with van der Waals surface area (Å²) < 4.78 is 5.10. The molecular formula is C11H17NO4. The van der Waals surface area contributed by atoms with E-state index in [0.717, 1.165) is 0 Å². The summed E-state index contributed by atoms with van der Waals surface area (Å²) in [6.45, 7) is 5.21. The Bertz CT molecular complexity index is 391. The quantitative estimate of drug-likeness (QED) is 0.720. The third-order valence-electron chi connectivity index (χ3n) is 2.81. The minimum atomic E-state index is -1.50. The maximum atomic E-state index is 11.0. The number of carbonyl (C=O) groups is 1. The lowest BCUT2D eigenvalue weighted by molar-refractivity contribution is -0.0727. The van der Waals surface area contributed by atoms with Crippen LogP contribution in [0, 0.1) is 5.41 Å². The van der Waals surface area contributed by atoms with Gasteiger partial charge in [0.15, 0.2) is 5.76 Å². The van der Waals surface area contributed by atoms with Gasteiger partial charge in [0.2, 0.25) is 0 Å². The largest absolute Gasteiger partial charge is 0.478 e. The molecule has 0 aliphatic rings. The van der Waals surface area contributed by atoms with E-state index in [4.69, 9.17) is 15.3 Å². The molecule has 0 amide bonds. The van der Waals surface area contributed by atoms with E-state index in [1.165, 1.54) is 12.3 Å². The van der Waals surface area contributed by atoms with Gasteiger partial charge in [-0.25, -0.2) is 4.79 Å². The number of furan rings is 1. The monoisotopic (exact) mass is 227 g/mol. The van der Waals surface area contributed by atoms with E-state index in [0.29, 0.717) is 0 Å². The smallest absolute Gasteiger partial charge is 0.339 e. The van der Waals surface area contributed by atoms with Gasteiger partial charge in [-0.05, 0) is 11.5 Å². The highest BCUT2D eigenvalue weighted by molar-refractivity contribution is 5.89. The number of hydrogen-bond acceptors (Lipinski definition) is 4. The van der Waals surface area contributed by atoms with Crippen molar-refractivity contribution in [2.24, 2.45) is 11.1 Å². The molecule has 1 aromatic heterocycles. The Kier molecular flexibility index (Phi) is 3.12. The lowest BCUT2D eigenvalue weighted by Gasteiger charge is -2.37. The predicted molar refractivity (Wildman–Crippen MR) is 58.1 cm³/mol. The van der Waals surface area contributed by atoms with Crippen LogP contribution in [0.25, 0.3) is 0 Å². The standard InChI is InChI=1S/C11H17NO4/c1-10(2,3)11(15,6-12)8-7(9(13)14)4-5-16-8/h4-5,15H,6,12H2,1-3H3,(H,13,14). The van der Waals surface area contributed by atoms with E-state index in [1.807, 2.05) is 0 Å². The van der Waals surface area contributed by atoms with Gasteiger partial charge in [-0.15, -0.1) is 0 Å². The van der Waals surface area contributed by atoms with Gasteiger partial charge in [-0.3, -0.25) is 0 Å². The molecule has 0 saturated carbocycles. The molecule has 1 aromatic rings. The summed E-state index contributed by atoms with van der Waals surface area (Å²) in [7, 11) is 0. The second-order valence-corrected chi connectivity index (χ2v) is 4.78. The maximum Gasteiger partial charge on any atom is 0.339 e. The van der Waals surface area contributed by atoms with Crippen molar-refractivity contribution < 1.29 is 19.4 Å². The van der Waals surface area contributed by atoms with Gasteiger partial charge in [0, 0.05) is 6.54 Å².